The van der Waals surface area contributed by atoms with Crippen LogP contribution in [-0.4, -0.2) is 59.3 Å². The van der Waals surface area contributed by atoms with Crippen molar-refractivity contribution in [2.24, 2.45) is 11.8 Å². The summed E-state index contributed by atoms with van der Waals surface area (Å²) in [6, 6.07) is -0.332. The number of carboxylic acids is 1. The van der Waals surface area contributed by atoms with Crippen LogP contribution in [0.25, 0.3) is 0 Å². The number of urea groups is 1. The monoisotopic (exact) mass is 308 g/mol. The molecule has 0 spiro atoms. The fourth-order valence-corrected chi connectivity index (χ4v) is 2.95. The summed E-state index contributed by atoms with van der Waals surface area (Å²) in [5.41, 5.74) is 0. The Bertz CT molecular complexity index is 406. The number of amides is 2. The van der Waals surface area contributed by atoms with Crippen LogP contribution in [0.2, 0.25) is 0 Å². The first kappa shape index (κ1) is 15.9. The molecule has 21 heavy (non-hydrogen) atoms. The molecule has 8 heteroatoms. The Morgan fingerprint density at radius 1 is 1.00 bits per heavy atom. The van der Waals surface area contributed by atoms with Gasteiger partial charge in [-0.15, -0.1) is 0 Å². The van der Waals surface area contributed by atoms with Crippen molar-refractivity contribution in [3.63, 3.8) is 0 Å². The lowest BCUT2D eigenvalue weighted by Gasteiger charge is -2.38. The Kier molecular flexibility index (Phi) is 4.63. The quantitative estimate of drug-likeness (QED) is 0.807. The molecule has 0 aromatic carbocycles. The van der Waals surface area contributed by atoms with Crippen LogP contribution < -0.4 is 0 Å². The molecule has 2 rings (SSSR count). The molecule has 0 saturated carbocycles. The Labute approximate surface area is 120 Å². The summed E-state index contributed by atoms with van der Waals surface area (Å²) >= 11 is 0. The highest BCUT2D eigenvalue weighted by Gasteiger charge is 2.42. The van der Waals surface area contributed by atoms with Gasteiger partial charge in [0.25, 0.3) is 0 Å². The van der Waals surface area contributed by atoms with Gasteiger partial charge in [0.05, 0.1) is 11.8 Å². The third kappa shape index (κ3) is 3.79. The molecule has 1 atom stereocenters. The molecule has 2 amide bonds. The van der Waals surface area contributed by atoms with Crippen molar-refractivity contribution in [2.45, 2.75) is 31.9 Å². The van der Waals surface area contributed by atoms with Gasteiger partial charge < -0.3 is 14.9 Å². The maximum atomic E-state index is 12.6. The van der Waals surface area contributed by atoms with Crippen LogP contribution in [0.4, 0.5) is 18.0 Å². The molecule has 120 valence electrons. The van der Waals surface area contributed by atoms with Gasteiger partial charge in [-0.05, 0) is 25.7 Å². The van der Waals surface area contributed by atoms with Crippen LogP contribution >= 0.6 is 0 Å². The maximum Gasteiger partial charge on any atom is 0.391 e. The summed E-state index contributed by atoms with van der Waals surface area (Å²) < 4.78 is 37.8. The number of nitrogens with zero attached hydrogens (tertiary/aromatic N) is 2. The van der Waals surface area contributed by atoms with Crippen LogP contribution in [-0.2, 0) is 4.79 Å². The molecule has 5 nitrogen and oxygen atoms in total. The normalized spacial score (nSPS) is 25.0. The lowest BCUT2D eigenvalue weighted by Crippen LogP contribution is -2.51. The van der Waals surface area contributed by atoms with Crippen molar-refractivity contribution in [2.75, 3.05) is 26.2 Å². The van der Waals surface area contributed by atoms with Crippen molar-refractivity contribution in [3.05, 3.63) is 0 Å². The second kappa shape index (κ2) is 6.11. The molecule has 2 aliphatic heterocycles. The largest absolute Gasteiger partial charge is 0.481 e. The highest BCUT2D eigenvalue weighted by Crippen LogP contribution is 2.34. The van der Waals surface area contributed by atoms with Crippen molar-refractivity contribution in [1.29, 1.82) is 0 Å². The molecule has 2 fully saturated rings. The summed E-state index contributed by atoms with van der Waals surface area (Å²) in [6.07, 6.45) is -3.21. The van der Waals surface area contributed by atoms with E-state index in [1.54, 1.807) is 0 Å². The molecule has 2 saturated heterocycles. The molecule has 1 N–H and O–H groups in total. The summed E-state index contributed by atoms with van der Waals surface area (Å²) in [5.74, 6) is -2.84. The number of hydrogen-bond acceptors (Lipinski definition) is 2. The van der Waals surface area contributed by atoms with Gasteiger partial charge in [0.1, 0.15) is 0 Å². The van der Waals surface area contributed by atoms with E-state index < -0.39 is 24.0 Å². The summed E-state index contributed by atoms with van der Waals surface area (Å²) in [6.45, 7) is 0.781. The number of hydrogen-bond donors (Lipinski definition) is 1. The molecule has 0 radical (unpaired) electrons. The van der Waals surface area contributed by atoms with Gasteiger partial charge in [-0.2, -0.15) is 13.2 Å². The molecular formula is C13H19F3N2O3. The third-order valence-electron chi connectivity index (χ3n) is 4.27. The van der Waals surface area contributed by atoms with Crippen LogP contribution in [0.15, 0.2) is 0 Å². The van der Waals surface area contributed by atoms with Gasteiger partial charge >= 0.3 is 18.2 Å². The van der Waals surface area contributed by atoms with Crippen LogP contribution in [0.3, 0.4) is 0 Å². The van der Waals surface area contributed by atoms with Gasteiger partial charge in [0.2, 0.25) is 0 Å². The Hall–Kier alpha value is -1.47. The van der Waals surface area contributed by atoms with E-state index in [1.165, 1.54) is 9.80 Å². The second-order valence-electron chi connectivity index (χ2n) is 5.71. The standard InChI is InChI=1S/C13H19F3N2O3/c14-13(15,16)10-3-6-17(7-4-10)12(21)18-5-1-2-9(8-18)11(19)20/h9-10H,1-8H2,(H,19,20)/t9-/m1/s1. The predicted molar refractivity (Wildman–Crippen MR) is 67.7 cm³/mol. The van der Waals surface area contributed by atoms with Crippen LogP contribution in [0, 0.1) is 11.8 Å². The van der Waals surface area contributed by atoms with E-state index in [4.69, 9.17) is 5.11 Å². The second-order valence-corrected chi connectivity index (χ2v) is 5.71. The summed E-state index contributed by atoms with van der Waals surface area (Å²) in [7, 11) is 0. The molecule has 0 aromatic heterocycles. The fourth-order valence-electron chi connectivity index (χ4n) is 2.95. The minimum atomic E-state index is -4.20. The molecule has 2 heterocycles. The highest BCUT2D eigenvalue weighted by atomic mass is 19.4. The molecule has 0 aromatic rings. The summed E-state index contributed by atoms with van der Waals surface area (Å²) in [4.78, 5) is 26.1. The van der Waals surface area contributed by atoms with Gasteiger partial charge in [-0.1, -0.05) is 0 Å². The Morgan fingerprint density at radius 3 is 2.14 bits per heavy atom. The zero-order valence-electron chi connectivity index (χ0n) is 11.6. The maximum absolute atomic E-state index is 12.6. The van der Waals surface area contributed by atoms with Gasteiger partial charge in [0.15, 0.2) is 0 Å². The number of carboxylic acid groups (broad SMARTS) is 1. The Balaban J connectivity index is 1.88. The highest BCUT2D eigenvalue weighted by molar-refractivity contribution is 5.76. The topological polar surface area (TPSA) is 60.9 Å². The number of likely N-dealkylation sites (tertiary alicyclic amines) is 2. The molecule has 0 unspecified atom stereocenters. The van der Waals surface area contributed by atoms with Crippen molar-refractivity contribution >= 4 is 12.0 Å². The van der Waals surface area contributed by atoms with E-state index in [-0.39, 0.29) is 38.5 Å². The SMILES string of the molecule is O=C(O)[C@@H]1CCCN(C(=O)N2CCC(C(F)(F)F)CC2)C1. The van der Waals surface area contributed by atoms with E-state index >= 15 is 0 Å². The van der Waals surface area contributed by atoms with E-state index in [9.17, 15) is 22.8 Å². The van der Waals surface area contributed by atoms with E-state index in [1.807, 2.05) is 0 Å². The van der Waals surface area contributed by atoms with E-state index in [2.05, 4.69) is 0 Å². The van der Waals surface area contributed by atoms with Crippen molar-refractivity contribution in [3.8, 4) is 0 Å². The average molecular weight is 308 g/mol. The first-order valence-corrected chi connectivity index (χ1v) is 7.12. The minimum Gasteiger partial charge on any atom is -0.481 e. The van der Waals surface area contributed by atoms with Crippen LogP contribution in [0.5, 0.6) is 0 Å². The lowest BCUT2D eigenvalue weighted by atomic mass is 9.96. The number of halogens is 3. The smallest absolute Gasteiger partial charge is 0.391 e. The van der Waals surface area contributed by atoms with Gasteiger partial charge in [0, 0.05) is 26.2 Å². The number of alkyl halides is 3. The lowest BCUT2D eigenvalue weighted by molar-refractivity contribution is -0.183. The number of carbonyl (C=O) groups is 2. The van der Waals surface area contributed by atoms with E-state index in [0.29, 0.717) is 19.4 Å². The van der Waals surface area contributed by atoms with Crippen molar-refractivity contribution in [1.82, 2.24) is 9.80 Å². The van der Waals surface area contributed by atoms with Gasteiger partial charge in [-0.3, -0.25) is 4.79 Å². The first-order valence-electron chi connectivity index (χ1n) is 7.12. The van der Waals surface area contributed by atoms with E-state index in [0.717, 1.165) is 0 Å². The zero-order chi connectivity index (χ0) is 15.6. The average Bonchev–Trinajstić information content (AvgIpc) is 2.46. The first-order chi connectivity index (χ1) is 9.79. The summed E-state index contributed by atoms with van der Waals surface area (Å²) in [5, 5.41) is 9.00. The zero-order valence-corrected chi connectivity index (χ0v) is 11.6. The molecule has 0 aliphatic carbocycles. The molecule has 2 aliphatic rings. The third-order valence-corrected chi connectivity index (χ3v) is 4.27. The fraction of sp³-hybridized carbons (Fsp3) is 0.846. The van der Waals surface area contributed by atoms with Gasteiger partial charge in [-0.25, -0.2) is 4.79 Å². The molecular weight excluding hydrogens is 289 g/mol. The number of rotatable bonds is 1. The number of aliphatic carboxylic acids is 1. The number of carbonyl (C=O) groups excluding carboxylic acids is 1. The number of piperidine rings is 2. The Morgan fingerprint density at radius 2 is 1.62 bits per heavy atom. The van der Waals surface area contributed by atoms with Crippen molar-refractivity contribution < 1.29 is 27.9 Å². The minimum absolute atomic E-state index is 0.0779. The predicted octanol–water partition coefficient (Wildman–Crippen LogP) is 2.18. The van der Waals surface area contributed by atoms with Crippen LogP contribution in [0.1, 0.15) is 25.7 Å². The molecule has 0 bridgehead atoms.